The summed E-state index contributed by atoms with van der Waals surface area (Å²) >= 11 is 0. The van der Waals surface area contributed by atoms with Gasteiger partial charge in [0.2, 0.25) is 0 Å². The SMILES string of the molecule is COc1cccc(/C=C/c2cccc(/C=C/c3cccc(OC)c3OC)c2)c1OC. The van der Waals surface area contributed by atoms with E-state index in [9.17, 15) is 0 Å². The molecule has 0 aliphatic rings. The van der Waals surface area contributed by atoms with Crippen LogP contribution in [-0.4, -0.2) is 28.4 Å². The summed E-state index contributed by atoms with van der Waals surface area (Å²) in [6.07, 6.45) is 8.16. The van der Waals surface area contributed by atoms with Crippen LogP contribution in [-0.2, 0) is 0 Å². The minimum atomic E-state index is 0.712. The molecule has 3 aromatic rings. The molecule has 0 bridgehead atoms. The van der Waals surface area contributed by atoms with Gasteiger partial charge in [-0.25, -0.2) is 0 Å². The standard InChI is InChI=1S/C26H26O4/c1-27-23-12-6-10-21(25(23)29-3)16-14-19-8-5-9-20(18-19)15-17-22-11-7-13-24(28-2)26(22)30-4/h5-18H,1-4H3/b16-14+,17-15+. The molecule has 4 nitrogen and oxygen atoms in total. The van der Waals surface area contributed by atoms with Crippen molar-refractivity contribution >= 4 is 24.3 Å². The molecule has 0 radical (unpaired) electrons. The average molecular weight is 402 g/mol. The first-order valence-corrected chi connectivity index (χ1v) is 9.58. The van der Waals surface area contributed by atoms with Crippen molar-refractivity contribution in [2.75, 3.05) is 28.4 Å². The van der Waals surface area contributed by atoms with Crippen LogP contribution in [0.4, 0.5) is 0 Å². The van der Waals surface area contributed by atoms with Crippen LogP contribution in [0.3, 0.4) is 0 Å². The van der Waals surface area contributed by atoms with Gasteiger partial charge in [0, 0.05) is 11.1 Å². The normalized spacial score (nSPS) is 11.1. The lowest BCUT2D eigenvalue weighted by atomic mass is 10.1. The van der Waals surface area contributed by atoms with Crippen molar-refractivity contribution in [1.29, 1.82) is 0 Å². The minimum absolute atomic E-state index is 0.712. The fourth-order valence-corrected chi connectivity index (χ4v) is 3.22. The fourth-order valence-electron chi connectivity index (χ4n) is 3.22. The van der Waals surface area contributed by atoms with Gasteiger partial charge in [-0.15, -0.1) is 0 Å². The first kappa shape index (κ1) is 21.1. The molecule has 0 spiro atoms. The second-order valence-electron chi connectivity index (χ2n) is 6.50. The summed E-state index contributed by atoms with van der Waals surface area (Å²) in [5.41, 5.74) is 4.08. The van der Waals surface area contributed by atoms with Gasteiger partial charge in [-0.1, -0.05) is 66.8 Å². The minimum Gasteiger partial charge on any atom is -0.493 e. The summed E-state index contributed by atoms with van der Waals surface area (Å²) in [7, 11) is 6.57. The molecule has 0 amide bonds. The third kappa shape index (κ3) is 4.84. The maximum atomic E-state index is 5.50. The van der Waals surface area contributed by atoms with Crippen molar-refractivity contribution in [3.8, 4) is 23.0 Å². The lowest BCUT2D eigenvalue weighted by molar-refractivity contribution is 0.354. The van der Waals surface area contributed by atoms with Gasteiger partial charge in [0.25, 0.3) is 0 Å². The number of methoxy groups -OCH3 is 4. The molecule has 30 heavy (non-hydrogen) atoms. The van der Waals surface area contributed by atoms with Gasteiger partial charge in [0.1, 0.15) is 0 Å². The van der Waals surface area contributed by atoms with Crippen LogP contribution >= 0.6 is 0 Å². The third-order valence-corrected chi connectivity index (χ3v) is 4.69. The molecule has 4 heteroatoms. The summed E-state index contributed by atoms with van der Waals surface area (Å²) in [5.74, 6) is 2.86. The molecule has 0 unspecified atom stereocenters. The van der Waals surface area contributed by atoms with E-state index in [0.717, 1.165) is 33.8 Å². The molecule has 0 N–H and O–H groups in total. The highest BCUT2D eigenvalue weighted by atomic mass is 16.5. The Labute approximate surface area is 178 Å². The Morgan fingerprint density at radius 1 is 0.500 bits per heavy atom. The van der Waals surface area contributed by atoms with Crippen LogP contribution in [0.1, 0.15) is 22.3 Å². The summed E-state index contributed by atoms with van der Waals surface area (Å²) in [6.45, 7) is 0. The van der Waals surface area contributed by atoms with E-state index in [1.807, 2.05) is 54.6 Å². The first-order valence-electron chi connectivity index (χ1n) is 9.58. The van der Waals surface area contributed by atoms with Crippen molar-refractivity contribution in [3.63, 3.8) is 0 Å². The largest absolute Gasteiger partial charge is 0.493 e. The van der Waals surface area contributed by atoms with Crippen LogP contribution in [0.2, 0.25) is 0 Å². The summed E-state index contributed by atoms with van der Waals surface area (Å²) < 4.78 is 21.7. The van der Waals surface area contributed by atoms with E-state index < -0.39 is 0 Å². The van der Waals surface area contributed by atoms with Gasteiger partial charge < -0.3 is 18.9 Å². The Kier molecular flexibility index (Phi) is 7.17. The van der Waals surface area contributed by atoms with Crippen molar-refractivity contribution in [3.05, 3.63) is 82.9 Å². The second kappa shape index (κ2) is 10.2. The molecular formula is C26H26O4. The van der Waals surface area contributed by atoms with Crippen molar-refractivity contribution < 1.29 is 18.9 Å². The average Bonchev–Trinajstić information content (AvgIpc) is 2.80. The van der Waals surface area contributed by atoms with Crippen LogP contribution < -0.4 is 18.9 Å². The molecule has 0 atom stereocenters. The van der Waals surface area contributed by atoms with E-state index >= 15 is 0 Å². The van der Waals surface area contributed by atoms with Gasteiger partial charge >= 0.3 is 0 Å². The number of rotatable bonds is 8. The van der Waals surface area contributed by atoms with E-state index in [4.69, 9.17) is 18.9 Å². The first-order chi connectivity index (χ1) is 14.7. The topological polar surface area (TPSA) is 36.9 Å². The zero-order valence-corrected chi connectivity index (χ0v) is 17.7. The van der Waals surface area contributed by atoms with E-state index in [2.05, 4.69) is 30.4 Å². The second-order valence-corrected chi connectivity index (χ2v) is 6.50. The highest BCUT2D eigenvalue weighted by Crippen LogP contribution is 2.33. The number of para-hydroxylation sites is 2. The van der Waals surface area contributed by atoms with Crippen molar-refractivity contribution in [2.45, 2.75) is 0 Å². The maximum absolute atomic E-state index is 5.50. The number of hydrogen-bond acceptors (Lipinski definition) is 4. The highest BCUT2D eigenvalue weighted by Gasteiger charge is 2.07. The zero-order chi connectivity index (χ0) is 21.3. The molecule has 0 saturated carbocycles. The Balaban J connectivity index is 1.84. The Hall–Kier alpha value is -3.66. The summed E-state index contributed by atoms with van der Waals surface area (Å²) in [4.78, 5) is 0. The Morgan fingerprint density at radius 3 is 1.33 bits per heavy atom. The summed E-state index contributed by atoms with van der Waals surface area (Å²) in [6, 6.07) is 19.9. The zero-order valence-electron chi connectivity index (χ0n) is 17.7. The molecule has 3 aromatic carbocycles. The summed E-state index contributed by atoms with van der Waals surface area (Å²) in [5, 5.41) is 0. The molecule has 0 fully saturated rings. The molecule has 0 saturated heterocycles. The molecule has 0 aliphatic heterocycles. The molecule has 0 aromatic heterocycles. The van der Waals surface area contributed by atoms with Crippen LogP contribution in [0.25, 0.3) is 24.3 Å². The van der Waals surface area contributed by atoms with Crippen LogP contribution in [0.5, 0.6) is 23.0 Å². The van der Waals surface area contributed by atoms with Crippen LogP contribution in [0.15, 0.2) is 60.7 Å². The molecule has 0 aliphatic carbocycles. The number of hydrogen-bond donors (Lipinski definition) is 0. The number of ether oxygens (including phenoxy) is 4. The predicted molar refractivity (Wildman–Crippen MR) is 123 cm³/mol. The fraction of sp³-hybridized carbons (Fsp3) is 0.154. The lowest BCUT2D eigenvalue weighted by Gasteiger charge is -2.10. The van der Waals surface area contributed by atoms with Gasteiger partial charge in [0.15, 0.2) is 23.0 Å². The van der Waals surface area contributed by atoms with Crippen molar-refractivity contribution in [2.24, 2.45) is 0 Å². The van der Waals surface area contributed by atoms with E-state index in [1.165, 1.54) is 0 Å². The molecule has 3 rings (SSSR count). The lowest BCUT2D eigenvalue weighted by Crippen LogP contribution is -1.92. The van der Waals surface area contributed by atoms with E-state index in [1.54, 1.807) is 28.4 Å². The molecular weight excluding hydrogens is 376 g/mol. The van der Waals surface area contributed by atoms with Gasteiger partial charge in [0.05, 0.1) is 28.4 Å². The quantitative estimate of drug-likeness (QED) is 0.429. The molecule has 0 heterocycles. The maximum Gasteiger partial charge on any atom is 0.167 e. The Morgan fingerprint density at radius 2 is 0.933 bits per heavy atom. The van der Waals surface area contributed by atoms with Gasteiger partial charge in [-0.2, -0.15) is 0 Å². The van der Waals surface area contributed by atoms with E-state index in [0.29, 0.717) is 11.5 Å². The number of benzene rings is 3. The third-order valence-electron chi connectivity index (χ3n) is 4.69. The predicted octanol–water partition coefficient (Wildman–Crippen LogP) is 6.06. The van der Waals surface area contributed by atoms with E-state index in [-0.39, 0.29) is 0 Å². The molecule has 154 valence electrons. The smallest absolute Gasteiger partial charge is 0.167 e. The highest BCUT2D eigenvalue weighted by molar-refractivity contribution is 5.78. The Bertz CT molecular complexity index is 970. The monoisotopic (exact) mass is 402 g/mol. The van der Waals surface area contributed by atoms with Crippen LogP contribution in [0, 0.1) is 0 Å². The van der Waals surface area contributed by atoms with Gasteiger partial charge in [-0.3, -0.25) is 0 Å². The van der Waals surface area contributed by atoms with Gasteiger partial charge in [-0.05, 0) is 29.3 Å². The van der Waals surface area contributed by atoms with Crippen molar-refractivity contribution in [1.82, 2.24) is 0 Å².